The van der Waals surface area contributed by atoms with Crippen LogP contribution in [0, 0.1) is 25.2 Å². The van der Waals surface area contributed by atoms with Gasteiger partial charge in [-0.3, -0.25) is 9.88 Å². The number of hydrogen-bond donors (Lipinski definition) is 0. The summed E-state index contributed by atoms with van der Waals surface area (Å²) in [6.07, 6.45) is 9.42. The second-order valence-corrected chi connectivity index (χ2v) is 17.8. The number of ether oxygens (including phenoxy) is 4. The lowest BCUT2D eigenvalue weighted by Gasteiger charge is -2.37. The van der Waals surface area contributed by atoms with Gasteiger partial charge in [-0.25, -0.2) is 4.79 Å². The summed E-state index contributed by atoms with van der Waals surface area (Å²) in [5, 5.41) is 9.93. The number of nitriles is 1. The smallest absolute Gasteiger partial charge is 0.410 e. The van der Waals surface area contributed by atoms with Crippen molar-refractivity contribution in [2.45, 2.75) is 118 Å². The summed E-state index contributed by atoms with van der Waals surface area (Å²) in [5.41, 5.74) is 7.38. The molecule has 11 heteroatoms. The number of rotatable bonds is 15. The molecule has 0 bridgehead atoms. The normalized spacial score (nSPS) is 16.6. The highest BCUT2D eigenvalue weighted by Crippen LogP contribution is 2.37. The fourth-order valence-electron chi connectivity index (χ4n) is 8.18. The second kappa shape index (κ2) is 20.6. The standard InChI is InChI=1S/C49H62ClN5O5/c1-34-13-8-9-21-55(34)31-40-26-44(50)47(27-46(40)58-32-38-25-37(28-51)29-52-30-38)59-33-39-14-10-15-42(35(39)2)43-16-11-17-45(36(43)3)57-24-12-20-54-22-18-41(19-23-54)53(7)48(56)60-49(4,5)6/h10-11,14-17,25-27,29-30,34,41H,8-9,12-13,18-24,31-33H2,1-7H3/t34-/m1/s1. The Hall–Kier alpha value is -4.82. The molecular weight excluding hydrogens is 774 g/mol. The minimum atomic E-state index is -0.493. The maximum Gasteiger partial charge on any atom is 0.410 e. The van der Waals surface area contributed by atoms with Crippen molar-refractivity contribution < 1.29 is 23.7 Å². The zero-order valence-corrected chi connectivity index (χ0v) is 37.3. The Morgan fingerprint density at radius 2 is 1.62 bits per heavy atom. The molecule has 0 radical (unpaired) electrons. The molecule has 3 aromatic carbocycles. The number of carbonyl (C=O) groups excluding carboxylic acids is 1. The lowest BCUT2D eigenvalue weighted by Crippen LogP contribution is -2.47. The fraction of sp³-hybridized carbons (Fsp3) is 0.490. The van der Waals surface area contributed by atoms with E-state index in [1.54, 1.807) is 23.4 Å². The van der Waals surface area contributed by atoms with Gasteiger partial charge in [-0.2, -0.15) is 5.26 Å². The van der Waals surface area contributed by atoms with Gasteiger partial charge < -0.3 is 28.7 Å². The third-order valence-electron chi connectivity index (χ3n) is 11.8. The number of likely N-dealkylation sites (tertiary alicyclic amines) is 2. The largest absolute Gasteiger partial charge is 0.493 e. The topological polar surface area (TPSA) is 100 Å². The van der Waals surface area contributed by atoms with Gasteiger partial charge in [0.15, 0.2) is 0 Å². The van der Waals surface area contributed by atoms with Gasteiger partial charge in [-0.1, -0.05) is 48.4 Å². The van der Waals surface area contributed by atoms with Crippen molar-refractivity contribution in [1.29, 1.82) is 5.26 Å². The minimum Gasteiger partial charge on any atom is -0.493 e. The zero-order chi connectivity index (χ0) is 42.8. The first-order valence-electron chi connectivity index (χ1n) is 21.4. The van der Waals surface area contributed by atoms with Crippen molar-refractivity contribution >= 4 is 17.7 Å². The Kier molecular flexibility index (Phi) is 15.4. The van der Waals surface area contributed by atoms with E-state index in [4.69, 9.17) is 30.5 Å². The predicted molar refractivity (Wildman–Crippen MR) is 238 cm³/mol. The van der Waals surface area contributed by atoms with Crippen LogP contribution in [0.1, 0.15) is 99.6 Å². The van der Waals surface area contributed by atoms with Crippen molar-refractivity contribution in [2.24, 2.45) is 0 Å². The van der Waals surface area contributed by atoms with E-state index >= 15 is 0 Å². The Balaban J connectivity index is 1.07. The maximum atomic E-state index is 12.5. The monoisotopic (exact) mass is 835 g/mol. The lowest BCUT2D eigenvalue weighted by molar-refractivity contribution is 0.0151. The Morgan fingerprint density at radius 3 is 2.35 bits per heavy atom. The molecule has 2 fully saturated rings. The number of pyridine rings is 1. The van der Waals surface area contributed by atoms with E-state index in [0.29, 0.717) is 41.3 Å². The SMILES string of the molecule is Cc1c(COc2cc(OCc3cncc(C#N)c3)c(CN3CCCC[C@H]3C)cc2Cl)cccc1-c1cccc(OCCCN2CCC(N(C)C(=O)OC(C)(C)C)CC2)c1C. The van der Waals surface area contributed by atoms with Crippen molar-refractivity contribution in [2.75, 3.05) is 39.8 Å². The van der Waals surface area contributed by atoms with Crippen LogP contribution >= 0.6 is 11.6 Å². The number of carbonyl (C=O) groups is 1. The molecule has 1 amide bonds. The van der Waals surface area contributed by atoms with Crippen LogP contribution in [0.5, 0.6) is 17.2 Å². The molecule has 1 atom stereocenters. The number of hydrogen-bond acceptors (Lipinski definition) is 9. The molecule has 2 aliphatic rings. The van der Waals surface area contributed by atoms with Gasteiger partial charge >= 0.3 is 6.09 Å². The molecule has 0 spiro atoms. The summed E-state index contributed by atoms with van der Waals surface area (Å²) >= 11 is 6.95. The number of aromatic nitrogens is 1. The van der Waals surface area contributed by atoms with E-state index in [1.165, 1.54) is 19.3 Å². The van der Waals surface area contributed by atoms with E-state index in [-0.39, 0.29) is 18.7 Å². The molecule has 1 aromatic heterocycles. The first-order valence-corrected chi connectivity index (χ1v) is 21.8. The predicted octanol–water partition coefficient (Wildman–Crippen LogP) is 10.5. The third-order valence-corrected chi connectivity index (χ3v) is 12.1. The van der Waals surface area contributed by atoms with Gasteiger partial charge in [0, 0.05) is 74.9 Å². The first kappa shape index (κ1) is 44.7. The van der Waals surface area contributed by atoms with Crippen LogP contribution < -0.4 is 14.2 Å². The van der Waals surface area contributed by atoms with Gasteiger partial charge in [0.25, 0.3) is 0 Å². The molecule has 0 unspecified atom stereocenters. The molecule has 4 aromatic rings. The van der Waals surface area contributed by atoms with Crippen LogP contribution in [0.4, 0.5) is 4.79 Å². The summed E-state index contributed by atoms with van der Waals surface area (Å²) in [6.45, 7) is 18.1. The Bertz CT molecular complexity index is 2120. The van der Waals surface area contributed by atoms with E-state index in [0.717, 1.165) is 96.7 Å². The highest BCUT2D eigenvalue weighted by atomic mass is 35.5. The van der Waals surface area contributed by atoms with Crippen molar-refractivity contribution in [3.63, 3.8) is 0 Å². The average molecular weight is 837 g/mol. The van der Waals surface area contributed by atoms with Crippen molar-refractivity contribution in [1.82, 2.24) is 19.7 Å². The average Bonchev–Trinajstić information content (AvgIpc) is 3.23. The quantitative estimate of drug-likeness (QED) is 0.108. The first-order chi connectivity index (χ1) is 28.8. The summed E-state index contributed by atoms with van der Waals surface area (Å²) < 4.78 is 24.9. The van der Waals surface area contributed by atoms with Gasteiger partial charge in [-0.05, 0) is 126 Å². The summed E-state index contributed by atoms with van der Waals surface area (Å²) in [6, 6.07) is 21.1. The number of nitrogens with zero attached hydrogens (tertiary/aromatic N) is 5. The molecule has 60 heavy (non-hydrogen) atoms. The number of benzene rings is 3. The van der Waals surface area contributed by atoms with E-state index in [2.05, 4.69) is 72.0 Å². The van der Waals surface area contributed by atoms with Gasteiger partial charge in [0.05, 0.1) is 17.2 Å². The Labute approximate surface area is 362 Å². The third kappa shape index (κ3) is 11.9. The zero-order valence-electron chi connectivity index (χ0n) is 36.6. The number of piperidine rings is 2. The van der Waals surface area contributed by atoms with Crippen LogP contribution in [-0.2, 0) is 24.5 Å². The van der Waals surface area contributed by atoms with E-state index in [1.807, 2.05) is 46.0 Å². The molecule has 6 rings (SSSR count). The van der Waals surface area contributed by atoms with Gasteiger partial charge in [0.2, 0.25) is 0 Å². The van der Waals surface area contributed by atoms with E-state index < -0.39 is 5.60 Å². The van der Waals surface area contributed by atoms with Crippen LogP contribution in [0.2, 0.25) is 5.02 Å². The maximum absolute atomic E-state index is 12.5. The Morgan fingerprint density at radius 1 is 0.883 bits per heavy atom. The number of amides is 1. The highest BCUT2D eigenvalue weighted by Gasteiger charge is 2.28. The molecule has 3 heterocycles. The van der Waals surface area contributed by atoms with E-state index in [9.17, 15) is 10.1 Å². The molecular formula is C49H62ClN5O5. The summed E-state index contributed by atoms with van der Waals surface area (Å²) in [5.74, 6) is 2.15. The second-order valence-electron chi connectivity index (χ2n) is 17.4. The fourth-order valence-corrected chi connectivity index (χ4v) is 8.42. The summed E-state index contributed by atoms with van der Waals surface area (Å²) in [7, 11) is 1.85. The van der Waals surface area contributed by atoms with Crippen molar-refractivity contribution in [3.8, 4) is 34.4 Å². The highest BCUT2D eigenvalue weighted by molar-refractivity contribution is 6.32. The van der Waals surface area contributed by atoms with Crippen molar-refractivity contribution in [3.05, 3.63) is 105 Å². The van der Waals surface area contributed by atoms with Gasteiger partial charge in [-0.15, -0.1) is 0 Å². The molecule has 2 aliphatic heterocycles. The lowest BCUT2D eigenvalue weighted by atomic mass is 9.93. The number of halogens is 1. The summed E-state index contributed by atoms with van der Waals surface area (Å²) in [4.78, 5) is 23.5. The molecule has 2 saturated heterocycles. The molecule has 0 aliphatic carbocycles. The molecule has 0 N–H and O–H groups in total. The molecule has 320 valence electrons. The van der Waals surface area contributed by atoms with Gasteiger partial charge in [0.1, 0.15) is 42.1 Å². The van der Waals surface area contributed by atoms with Crippen LogP contribution in [0.25, 0.3) is 11.1 Å². The van der Waals surface area contributed by atoms with Crippen LogP contribution in [0.15, 0.2) is 67.0 Å². The van der Waals surface area contributed by atoms with Crippen LogP contribution in [0.3, 0.4) is 0 Å². The van der Waals surface area contributed by atoms with Crippen LogP contribution in [-0.4, -0.2) is 83.3 Å². The molecule has 0 saturated carbocycles. The molecule has 10 nitrogen and oxygen atoms in total. The minimum absolute atomic E-state index is 0.200.